The Balaban J connectivity index is 2.82. The number of halogens is 1. The minimum atomic E-state index is 0.103. The topological polar surface area (TPSA) is 29.1 Å². The van der Waals surface area contributed by atoms with Crippen LogP contribution in [0.15, 0.2) is 0 Å². The van der Waals surface area contributed by atoms with Crippen LogP contribution < -0.4 is 25.0 Å². The minimum absolute atomic E-state index is 0.103. The van der Waals surface area contributed by atoms with E-state index in [9.17, 15) is 4.79 Å². The first kappa shape index (κ1) is 7.36. The molecule has 0 aliphatic carbocycles. The zero-order valence-electron chi connectivity index (χ0n) is 4.49. The van der Waals surface area contributed by atoms with Crippen molar-refractivity contribution in [2.45, 2.75) is 6.92 Å². The van der Waals surface area contributed by atoms with Gasteiger partial charge in [0.1, 0.15) is 0 Å². The number of hydrogen-bond donors (Lipinski definition) is 1. The van der Waals surface area contributed by atoms with Gasteiger partial charge in [-0.15, -0.1) is 0 Å². The first-order chi connectivity index (χ1) is 3.27. The third-order valence-corrected chi connectivity index (χ3v) is 1.59. The Labute approximate surface area is 54.3 Å². The van der Waals surface area contributed by atoms with Gasteiger partial charge in [0.05, 0.1) is 0 Å². The van der Waals surface area contributed by atoms with Crippen molar-refractivity contribution in [2.75, 3.05) is 11.5 Å². The summed E-state index contributed by atoms with van der Waals surface area (Å²) in [6, 6.07) is 0. The molecule has 0 aromatic carbocycles. The SMILES string of the molecule is C[I-]NCC(C)=O. The average molecular weight is 214 g/mol. The molecule has 0 aromatic heterocycles. The third kappa shape index (κ3) is 6.36. The number of carbonyl (C=O) groups is 1. The van der Waals surface area contributed by atoms with E-state index in [2.05, 4.69) is 8.46 Å². The fourth-order valence-corrected chi connectivity index (χ4v) is 1.08. The number of Topliss-reactive ketones (excluding diaryl/α,β-unsaturated/α-hetero) is 1. The van der Waals surface area contributed by atoms with Crippen molar-refractivity contribution in [3.05, 3.63) is 0 Å². The van der Waals surface area contributed by atoms with Crippen LogP contribution in [-0.2, 0) is 4.79 Å². The monoisotopic (exact) mass is 214 g/mol. The number of carbonyl (C=O) groups excluding carboxylic acids is 1. The molecule has 3 heteroatoms. The van der Waals surface area contributed by atoms with Gasteiger partial charge in [0.15, 0.2) is 0 Å². The summed E-state index contributed by atoms with van der Waals surface area (Å²) in [6.07, 6.45) is 0. The molecule has 0 aliphatic heterocycles. The second-order valence-electron chi connectivity index (χ2n) is 1.20. The molecule has 0 bridgehead atoms. The first-order valence-corrected chi connectivity index (χ1v) is 5.21. The Kier molecular flexibility index (Phi) is 4.75. The summed E-state index contributed by atoms with van der Waals surface area (Å²) < 4.78 is 3.01. The van der Waals surface area contributed by atoms with Crippen molar-refractivity contribution in [1.82, 2.24) is 3.53 Å². The standard InChI is InChI=1S/C4H9INO/c1-4(7)3-6-5-2/h6H,3H2,1-2H3/q-1. The molecule has 0 rings (SSSR count). The predicted molar refractivity (Wildman–Crippen MR) is 24.6 cm³/mol. The van der Waals surface area contributed by atoms with Gasteiger partial charge in [0, 0.05) is 0 Å². The van der Waals surface area contributed by atoms with Crippen molar-refractivity contribution in [3.63, 3.8) is 0 Å². The van der Waals surface area contributed by atoms with Crippen LogP contribution in [0, 0.1) is 0 Å². The van der Waals surface area contributed by atoms with E-state index in [-0.39, 0.29) is 27.3 Å². The van der Waals surface area contributed by atoms with Gasteiger partial charge in [-0.05, 0) is 0 Å². The van der Waals surface area contributed by atoms with E-state index in [1.165, 1.54) is 0 Å². The number of hydrogen-bond acceptors (Lipinski definition) is 2. The molecule has 0 fully saturated rings. The summed E-state index contributed by atoms with van der Waals surface area (Å²) in [7, 11) is 0. The van der Waals surface area contributed by atoms with Gasteiger partial charge in [-0.3, -0.25) is 0 Å². The summed E-state index contributed by atoms with van der Waals surface area (Å²) in [4.78, 5) is 12.2. The van der Waals surface area contributed by atoms with Gasteiger partial charge in [-0.1, -0.05) is 0 Å². The maximum atomic E-state index is 10.2. The molecule has 2 nitrogen and oxygen atoms in total. The van der Waals surface area contributed by atoms with Crippen LogP contribution in [0.2, 0.25) is 0 Å². The summed E-state index contributed by atoms with van der Waals surface area (Å²) in [5.74, 6) is 0.224. The zero-order chi connectivity index (χ0) is 5.70. The van der Waals surface area contributed by atoms with E-state index in [0.29, 0.717) is 6.54 Å². The molecule has 7 heavy (non-hydrogen) atoms. The van der Waals surface area contributed by atoms with E-state index in [1.807, 2.05) is 0 Å². The Bertz CT molecular complexity index is 64.7. The zero-order valence-corrected chi connectivity index (χ0v) is 6.65. The van der Waals surface area contributed by atoms with Gasteiger partial charge in [0.25, 0.3) is 0 Å². The van der Waals surface area contributed by atoms with Crippen LogP contribution in [0.25, 0.3) is 0 Å². The summed E-state index contributed by atoms with van der Waals surface area (Å²) in [5.41, 5.74) is 0. The molecular weight excluding hydrogens is 205 g/mol. The van der Waals surface area contributed by atoms with Crippen molar-refractivity contribution in [1.29, 1.82) is 0 Å². The van der Waals surface area contributed by atoms with E-state index >= 15 is 0 Å². The Hall–Kier alpha value is 0.360. The third-order valence-electron chi connectivity index (χ3n) is 0.449. The van der Waals surface area contributed by atoms with Crippen LogP contribution in [0.3, 0.4) is 0 Å². The Morgan fingerprint density at radius 2 is 2.43 bits per heavy atom. The van der Waals surface area contributed by atoms with E-state index < -0.39 is 0 Å². The van der Waals surface area contributed by atoms with Gasteiger partial charge in [0.2, 0.25) is 0 Å². The van der Waals surface area contributed by atoms with E-state index in [0.717, 1.165) is 0 Å². The summed E-state index contributed by atoms with van der Waals surface area (Å²) in [6.45, 7) is 2.15. The van der Waals surface area contributed by atoms with Gasteiger partial charge in [-0.25, -0.2) is 0 Å². The molecular formula is C4H9INO-. The van der Waals surface area contributed by atoms with Gasteiger partial charge >= 0.3 is 54.0 Å². The second kappa shape index (κ2) is 4.52. The molecule has 0 atom stereocenters. The maximum absolute atomic E-state index is 10.2. The van der Waals surface area contributed by atoms with Crippen molar-refractivity contribution < 1.29 is 26.3 Å². The van der Waals surface area contributed by atoms with Crippen molar-refractivity contribution in [3.8, 4) is 0 Å². The molecule has 0 saturated carbocycles. The van der Waals surface area contributed by atoms with Crippen LogP contribution >= 0.6 is 0 Å². The predicted octanol–water partition coefficient (Wildman–Crippen LogP) is -3.20. The molecule has 0 spiro atoms. The molecule has 44 valence electrons. The summed E-state index contributed by atoms with van der Waals surface area (Å²) in [5, 5.41) is 0. The summed E-state index contributed by atoms with van der Waals surface area (Å²) >= 11 is 0.103. The number of nitrogens with one attached hydrogen (secondary N) is 1. The molecule has 1 N–H and O–H groups in total. The van der Waals surface area contributed by atoms with Crippen LogP contribution in [0.5, 0.6) is 0 Å². The van der Waals surface area contributed by atoms with Crippen LogP contribution in [-0.4, -0.2) is 17.3 Å². The number of rotatable bonds is 3. The first-order valence-electron chi connectivity index (χ1n) is 1.98. The Morgan fingerprint density at radius 1 is 1.86 bits per heavy atom. The van der Waals surface area contributed by atoms with Crippen molar-refractivity contribution >= 4 is 5.78 Å². The quantitative estimate of drug-likeness (QED) is 0.304. The van der Waals surface area contributed by atoms with Crippen molar-refractivity contribution in [2.24, 2.45) is 0 Å². The van der Waals surface area contributed by atoms with Crippen LogP contribution in [0.4, 0.5) is 0 Å². The van der Waals surface area contributed by atoms with Crippen LogP contribution in [0.1, 0.15) is 6.92 Å². The molecule has 0 radical (unpaired) electrons. The van der Waals surface area contributed by atoms with E-state index in [1.54, 1.807) is 6.92 Å². The molecule has 0 unspecified atom stereocenters. The molecule has 0 aromatic rings. The van der Waals surface area contributed by atoms with E-state index in [4.69, 9.17) is 0 Å². The normalized spacial score (nSPS) is 9.43. The molecule has 0 aliphatic rings. The number of alkyl halides is 1. The number of ketones is 1. The fourth-order valence-electron chi connectivity index (χ4n) is 0.161. The van der Waals surface area contributed by atoms with Gasteiger partial charge < -0.3 is 0 Å². The molecule has 0 amide bonds. The Morgan fingerprint density at radius 3 is 2.57 bits per heavy atom. The fraction of sp³-hybridized carbons (Fsp3) is 0.750. The van der Waals surface area contributed by atoms with Gasteiger partial charge in [-0.2, -0.15) is 0 Å². The second-order valence-corrected chi connectivity index (χ2v) is 3.04. The average Bonchev–Trinajstić information content (AvgIpc) is 1.61. The molecule has 0 saturated heterocycles. The molecule has 0 heterocycles.